The Morgan fingerprint density at radius 3 is 2.28 bits per heavy atom. The highest BCUT2D eigenvalue weighted by Gasteiger charge is 2.23. The van der Waals surface area contributed by atoms with E-state index < -0.39 is 32.9 Å². The van der Waals surface area contributed by atoms with Gasteiger partial charge in [-0.05, 0) is 22.9 Å². The lowest BCUT2D eigenvalue weighted by atomic mass is 10.1. The Balaban J connectivity index is 1.88. The van der Waals surface area contributed by atoms with E-state index in [9.17, 15) is 35.2 Å². The molecule has 0 spiro atoms. The van der Waals surface area contributed by atoms with E-state index in [0.29, 0.717) is 11.5 Å². The van der Waals surface area contributed by atoms with Gasteiger partial charge in [0.15, 0.2) is 0 Å². The summed E-state index contributed by atoms with van der Waals surface area (Å²) in [4.78, 5) is 32.3. The lowest BCUT2D eigenvalue weighted by Crippen LogP contribution is -2.17. The van der Waals surface area contributed by atoms with E-state index in [-0.39, 0.29) is 16.9 Å². The van der Waals surface area contributed by atoms with Gasteiger partial charge in [0, 0.05) is 6.07 Å². The van der Waals surface area contributed by atoms with Crippen LogP contribution in [0.3, 0.4) is 0 Å². The van der Waals surface area contributed by atoms with Crippen molar-refractivity contribution in [3.05, 3.63) is 79.9 Å². The average Bonchev–Trinajstić information content (AvgIpc) is 2.68. The summed E-state index contributed by atoms with van der Waals surface area (Å²) < 4.78 is 0. The zero-order valence-corrected chi connectivity index (χ0v) is 14.5. The predicted octanol–water partition coefficient (Wildman–Crippen LogP) is 2.83. The number of hydrogen-bond acceptors (Lipinski definition) is 8. The Hall–Kier alpha value is -4.54. The minimum atomic E-state index is -0.981. The van der Waals surface area contributed by atoms with Crippen LogP contribution in [0.15, 0.2) is 53.6 Å². The predicted molar refractivity (Wildman–Crippen MR) is 102 cm³/mol. The van der Waals surface area contributed by atoms with Crippen molar-refractivity contribution < 1.29 is 24.9 Å². The Bertz CT molecular complexity index is 1190. The smallest absolute Gasteiger partial charge is 0.318 e. The number of nitro groups is 2. The molecule has 11 heteroatoms. The van der Waals surface area contributed by atoms with Gasteiger partial charge in [-0.3, -0.25) is 25.0 Å². The summed E-state index contributed by atoms with van der Waals surface area (Å²) in [6, 6.07) is 11.4. The molecule has 0 saturated carbocycles. The van der Waals surface area contributed by atoms with Crippen LogP contribution in [0.4, 0.5) is 11.4 Å². The van der Waals surface area contributed by atoms with Gasteiger partial charge in [-0.25, -0.2) is 5.43 Å². The van der Waals surface area contributed by atoms with Gasteiger partial charge in [0.2, 0.25) is 5.75 Å². The van der Waals surface area contributed by atoms with Crippen LogP contribution in [0.25, 0.3) is 10.8 Å². The van der Waals surface area contributed by atoms with E-state index in [1.807, 2.05) is 0 Å². The zero-order chi connectivity index (χ0) is 21.1. The van der Waals surface area contributed by atoms with Gasteiger partial charge in [-0.2, -0.15) is 5.10 Å². The highest BCUT2D eigenvalue weighted by molar-refractivity contribution is 6.02. The Morgan fingerprint density at radius 1 is 1.00 bits per heavy atom. The maximum Gasteiger partial charge on any atom is 0.318 e. The van der Waals surface area contributed by atoms with Gasteiger partial charge in [-0.15, -0.1) is 0 Å². The van der Waals surface area contributed by atoms with Gasteiger partial charge in [0.25, 0.3) is 11.6 Å². The summed E-state index contributed by atoms with van der Waals surface area (Å²) in [7, 11) is 0. The number of nitrogens with one attached hydrogen (secondary N) is 1. The minimum Gasteiger partial charge on any atom is -0.507 e. The fourth-order valence-corrected chi connectivity index (χ4v) is 2.60. The second kappa shape index (κ2) is 7.60. The molecule has 0 unspecified atom stereocenters. The minimum absolute atomic E-state index is 0.0740. The number of aromatic hydroxyl groups is 2. The topological polar surface area (TPSA) is 168 Å². The molecule has 1 amide bonds. The molecule has 3 rings (SSSR count). The summed E-state index contributed by atoms with van der Waals surface area (Å²) in [5.41, 5.74) is 0.178. The van der Waals surface area contributed by atoms with Crippen LogP contribution in [0.1, 0.15) is 15.9 Å². The second-order valence-electron chi connectivity index (χ2n) is 5.83. The Kier molecular flexibility index (Phi) is 5.04. The maximum atomic E-state index is 12.3. The number of nitro benzene ring substituents is 2. The van der Waals surface area contributed by atoms with E-state index in [2.05, 4.69) is 10.5 Å². The van der Waals surface area contributed by atoms with Crippen molar-refractivity contribution in [3.63, 3.8) is 0 Å². The van der Waals surface area contributed by atoms with E-state index in [1.165, 1.54) is 12.1 Å². The molecule has 0 fully saturated rings. The molecule has 146 valence electrons. The third kappa shape index (κ3) is 3.93. The molecule has 0 saturated heterocycles. The van der Waals surface area contributed by atoms with Crippen molar-refractivity contribution in [2.45, 2.75) is 0 Å². The summed E-state index contributed by atoms with van der Waals surface area (Å²) >= 11 is 0. The fraction of sp³-hybridized carbons (Fsp3) is 0. The summed E-state index contributed by atoms with van der Waals surface area (Å²) in [6.07, 6.45) is 0.825. The van der Waals surface area contributed by atoms with Crippen molar-refractivity contribution in [3.8, 4) is 11.5 Å². The van der Waals surface area contributed by atoms with Crippen LogP contribution in [0.5, 0.6) is 11.5 Å². The zero-order valence-electron chi connectivity index (χ0n) is 14.5. The quantitative estimate of drug-likeness (QED) is 0.338. The summed E-state index contributed by atoms with van der Waals surface area (Å²) in [5.74, 6) is -1.92. The molecule has 0 bridgehead atoms. The van der Waals surface area contributed by atoms with Crippen LogP contribution >= 0.6 is 0 Å². The fourth-order valence-electron chi connectivity index (χ4n) is 2.60. The summed E-state index contributed by atoms with van der Waals surface area (Å²) in [6.45, 7) is 0. The van der Waals surface area contributed by atoms with Crippen LogP contribution in [-0.2, 0) is 0 Å². The van der Waals surface area contributed by atoms with Gasteiger partial charge >= 0.3 is 5.69 Å². The van der Waals surface area contributed by atoms with E-state index >= 15 is 0 Å². The lowest BCUT2D eigenvalue weighted by Gasteiger charge is -2.06. The molecule has 11 nitrogen and oxygen atoms in total. The van der Waals surface area contributed by atoms with Crippen LogP contribution < -0.4 is 5.43 Å². The molecule has 0 aliphatic rings. The molecule has 3 N–H and O–H groups in total. The Morgan fingerprint density at radius 2 is 1.66 bits per heavy atom. The number of phenolic OH excluding ortho intramolecular Hbond substituents is 2. The summed E-state index contributed by atoms with van der Waals surface area (Å²) in [5, 5.41) is 46.8. The highest BCUT2D eigenvalue weighted by atomic mass is 16.6. The molecule has 0 radical (unpaired) electrons. The van der Waals surface area contributed by atoms with Crippen molar-refractivity contribution in [1.29, 1.82) is 0 Å². The first-order valence-electron chi connectivity index (χ1n) is 7.99. The first-order valence-corrected chi connectivity index (χ1v) is 7.99. The second-order valence-corrected chi connectivity index (χ2v) is 5.83. The number of amides is 1. The SMILES string of the molecule is O=C(N/N=C\c1cc([N+](=O)[O-])cc([N+](=O)[O-])c1O)c1cc2ccccc2cc1O. The van der Waals surface area contributed by atoms with Crippen LogP contribution in [0.2, 0.25) is 0 Å². The van der Waals surface area contributed by atoms with Gasteiger partial charge < -0.3 is 10.2 Å². The Labute approximate surface area is 161 Å². The van der Waals surface area contributed by atoms with Crippen molar-refractivity contribution in [2.75, 3.05) is 0 Å². The van der Waals surface area contributed by atoms with Crippen molar-refractivity contribution >= 4 is 34.3 Å². The molecule has 0 heterocycles. The highest BCUT2D eigenvalue weighted by Crippen LogP contribution is 2.33. The number of carbonyl (C=O) groups is 1. The van der Waals surface area contributed by atoms with Crippen LogP contribution in [0, 0.1) is 20.2 Å². The number of hydrazone groups is 1. The molecule has 0 aromatic heterocycles. The number of benzene rings is 3. The maximum absolute atomic E-state index is 12.3. The van der Waals surface area contributed by atoms with E-state index in [4.69, 9.17) is 0 Å². The van der Waals surface area contributed by atoms with Gasteiger partial charge in [-0.1, -0.05) is 24.3 Å². The standard InChI is InChI=1S/C18H12N4O7/c23-16-7-11-4-2-1-3-10(11)6-14(16)18(25)20-19-9-12-5-13(21(26)27)8-15(17(12)24)22(28)29/h1-9,23-24H,(H,20,25)/b19-9-. The molecule has 0 atom stereocenters. The molecule has 0 aliphatic carbocycles. The number of nitrogens with zero attached hydrogens (tertiary/aromatic N) is 3. The number of rotatable bonds is 5. The number of hydrogen-bond donors (Lipinski definition) is 3. The number of fused-ring (bicyclic) bond motifs is 1. The lowest BCUT2D eigenvalue weighted by molar-refractivity contribution is -0.394. The average molecular weight is 396 g/mol. The number of non-ortho nitro benzene ring substituents is 1. The third-order valence-electron chi connectivity index (χ3n) is 3.99. The third-order valence-corrected chi connectivity index (χ3v) is 3.99. The number of phenols is 2. The van der Waals surface area contributed by atoms with Gasteiger partial charge in [0.1, 0.15) is 5.75 Å². The molecule has 3 aromatic rings. The first-order chi connectivity index (χ1) is 13.8. The molecule has 3 aromatic carbocycles. The van der Waals surface area contributed by atoms with E-state index in [0.717, 1.165) is 17.7 Å². The van der Waals surface area contributed by atoms with Crippen LogP contribution in [-0.4, -0.2) is 32.2 Å². The van der Waals surface area contributed by atoms with Crippen molar-refractivity contribution in [1.82, 2.24) is 5.43 Å². The largest absolute Gasteiger partial charge is 0.507 e. The molecule has 0 aliphatic heterocycles. The normalized spacial score (nSPS) is 10.9. The molecular weight excluding hydrogens is 384 g/mol. The molecular formula is C18H12N4O7. The monoisotopic (exact) mass is 396 g/mol. The van der Waals surface area contributed by atoms with Gasteiger partial charge in [0.05, 0.1) is 33.3 Å². The van der Waals surface area contributed by atoms with E-state index in [1.54, 1.807) is 24.3 Å². The first kappa shape index (κ1) is 19.2. The molecule has 29 heavy (non-hydrogen) atoms. The number of carbonyl (C=O) groups excluding carboxylic acids is 1. The van der Waals surface area contributed by atoms with Crippen molar-refractivity contribution in [2.24, 2.45) is 5.10 Å².